The molecular weight excluding hydrogens is 406 g/mol. The zero-order valence-electron chi connectivity index (χ0n) is 15.0. The number of benzene rings is 1. The first-order chi connectivity index (χ1) is 13.3. The number of carbonyl (C=O) groups is 2. The summed E-state index contributed by atoms with van der Waals surface area (Å²) in [6.45, 7) is 0. The summed E-state index contributed by atoms with van der Waals surface area (Å²) in [7, 11) is 1.76. The summed E-state index contributed by atoms with van der Waals surface area (Å²) in [5.41, 5.74) is -4.40. The molecule has 2 heterocycles. The molecule has 1 aromatic carbocycles. The fourth-order valence-corrected chi connectivity index (χ4v) is 3.32. The quantitative estimate of drug-likeness (QED) is 0.691. The molecule has 1 fully saturated rings. The molecule has 0 spiro atoms. The summed E-state index contributed by atoms with van der Waals surface area (Å²) in [4.78, 5) is 32.0. The zero-order valence-corrected chi connectivity index (χ0v) is 15.0. The molecule has 2 aliphatic rings. The Labute approximate surface area is 160 Å². The van der Waals surface area contributed by atoms with Gasteiger partial charge in [0.2, 0.25) is 5.91 Å². The summed E-state index contributed by atoms with van der Waals surface area (Å²) >= 11 is 0. The Morgan fingerprint density at radius 3 is 2.03 bits per heavy atom. The van der Waals surface area contributed by atoms with E-state index in [9.17, 15) is 35.9 Å². The highest BCUT2D eigenvalue weighted by Crippen LogP contribution is 2.53. The van der Waals surface area contributed by atoms with Crippen molar-refractivity contribution in [1.82, 2.24) is 9.80 Å². The van der Waals surface area contributed by atoms with Crippen LogP contribution in [-0.4, -0.2) is 65.4 Å². The number of nitrogens with zero attached hydrogens (tertiary/aromatic N) is 4. The average Bonchev–Trinajstić information content (AvgIpc) is 2.63. The molecule has 0 aromatic heterocycles. The highest BCUT2D eigenvalue weighted by molar-refractivity contribution is 6.21. The molecule has 156 valence electrons. The standard InChI is InChI=1S/C17H14F6N4O2/c1-26-12-11(13(28)27(2)14(26)29)15(16(18,19)20,17(21,22)23)25-10(24-12)8-9-6-4-3-5-7-9/h3-7,11H,8H2,1-2H3. The number of hydrogen-bond acceptors (Lipinski definition) is 4. The summed E-state index contributed by atoms with van der Waals surface area (Å²) in [6, 6.07) is 6.57. The molecule has 12 heteroatoms. The van der Waals surface area contributed by atoms with E-state index in [-0.39, 0.29) is 4.90 Å². The molecule has 0 bridgehead atoms. The van der Waals surface area contributed by atoms with Gasteiger partial charge in [-0.15, -0.1) is 0 Å². The molecule has 1 atom stereocenters. The summed E-state index contributed by atoms with van der Waals surface area (Å²) in [5.74, 6) is -6.26. The van der Waals surface area contributed by atoms with Crippen LogP contribution in [0.1, 0.15) is 5.56 Å². The summed E-state index contributed by atoms with van der Waals surface area (Å²) in [5, 5.41) is 0. The lowest BCUT2D eigenvalue weighted by molar-refractivity contribution is -0.303. The Kier molecular flexibility index (Phi) is 4.71. The maximum atomic E-state index is 13.9. The third kappa shape index (κ3) is 3.06. The van der Waals surface area contributed by atoms with Crippen molar-refractivity contribution in [2.24, 2.45) is 15.9 Å². The van der Waals surface area contributed by atoms with Crippen LogP contribution in [0.2, 0.25) is 0 Å². The Morgan fingerprint density at radius 2 is 1.52 bits per heavy atom. The number of imide groups is 1. The SMILES string of the molecule is CN1C(=O)C2C(=NC(Cc3ccccc3)=NC2(C(F)(F)F)C(F)(F)F)N(C)C1=O. The Hall–Kier alpha value is -2.92. The fourth-order valence-electron chi connectivity index (χ4n) is 3.32. The van der Waals surface area contributed by atoms with Crippen LogP contribution in [0.4, 0.5) is 31.1 Å². The normalized spacial score (nSPS) is 22.3. The minimum absolute atomic E-state index is 0.202. The Morgan fingerprint density at radius 1 is 0.966 bits per heavy atom. The topological polar surface area (TPSA) is 65.3 Å². The monoisotopic (exact) mass is 420 g/mol. The van der Waals surface area contributed by atoms with Crippen molar-refractivity contribution in [2.75, 3.05) is 14.1 Å². The molecule has 0 aliphatic carbocycles. The van der Waals surface area contributed by atoms with Crippen LogP contribution >= 0.6 is 0 Å². The smallest absolute Gasteiger partial charge is 0.284 e. The molecule has 3 amide bonds. The molecule has 0 N–H and O–H groups in total. The van der Waals surface area contributed by atoms with E-state index in [1.54, 1.807) is 18.2 Å². The van der Waals surface area contributed by atoms with Gasteiger partial charge >= 0.3 is 18.4 Å². The van der Waals surface area contributed by atoms with E-state index in [2.05, 4.69) is 9.98 Å². The van der Waals surface area contributed by atoms with Crippen molar-refractivity contribution < 1.29 is 35.9 Å². The van der Waals surface area contributed by atoms with Crippen LogP contribution in [0.15, 0.2) is 40.3 Å². The van der Waals surface area contributed by atoms with Crippen molar-refractivity contribution in [2.45, 2.75) is 24.3 Å². The highest BCUT2D eigenvalue weighted by Gasteiger charge is 2.79. The third-order valence-electron chi connectivity index (χ3n) is 4.79. The van der Waals surface area contributed by atoms with Gasteiger partial charge in [-0.05, 0) is 5.56 Å². The van der Waals surface area contributed by atoms with Crippen molar-refractivity contribution >= 4 is 23.6 Å². The largest absolute Gasteiger partial charge is 0.423 e. The predicted molar refractivity (Wildman–Crippen MR) is 89.3 cm³/mol. The van der Waals surface area contributed by atoms with Gasteiger partial charge in [0.25, 0.3) is 5.54 Å². The predicted octanol–water partition coefficient (Wildman–Crippen LogP) is 3.04. The third-order valence-corrected chi connectivity index (χ3v) is 4.79. The molecule has 2 aliphatic heterocycles. The van der Waals surface area contributed by atoms with Gasteiger partial charge in [0.15, 0.2) is 0 Å². The molecule has 1 saturated heterocycles. The van der Waals surface area contributed by atoms with E-state index < -0.39 is 53.8 Å². The van der Waals surface area contributed by atoms with Gasteiger partial charge in [-0.2, -0.15) is 26.3 Å². The van der Waals surface area contributed by atoms with E-state index >= 15 is 0 Å². The molecule has 0 radical (unpaired) electrons. The first-order valence-electron chi connectivity index (χ1n) is 8.21. The molecule has 1 unspecified atom stereocenters. The van der Waals surface area contributed by atoms with Crippen LogP contribution < -0.4 is 0 Å². The van der Waals surface area contributed by atoms with Gasteiger partial charge in [-0.3, -0.25) is 14.6 Å². The average molecular weight is 420 g/mol. The number of amides is 3. The lowest BCUT2D eigenvalue weighted by Crippen LogP contribution is -2.72. The number of carbonyl (C=O) groups excluding carboxylic acids is 2. The van der Waals surface area contributed by atoms with Crippen LogP contribution in [0.25, 0.3) is 0 Å². The van der Waals surface area contributed by atoms with E-state index in [4.69, 9.17) is 0 Å². The van der Waals surface area contributed by atoms with Crippen LogP contribution in [0, 0.1) is 5.92 Å². The number of halogens is 6. The lowest BCUT2D eigenvalue weighted by Gasteiger charge is -2.46. The molecule has 1 aromatic rings. The minimum Gasteiger partial charge on any atom is -0.284 e. The number of alkyl halides is 6. The Bertz CT molecular complexity index is 893. The number of aliphatic imine (C=N–C) groups is 2. The highest BCUT2D eigenvalue weighted by atomic mass is 19.4. The van der Waals surface area contributed by atoms with Crippen molar-refractivity contribution in [1.29, 1.82) is 0 Å². The van der Waals surface area contributed by atoms with E-state index in [1.165, 1.54) is 12.1 Å². The van der Waals surface area contributed by atoms with E-state index in [0.29, 0.717) is 10.5 Å². The van der Waals surface area contributed by atoms with E-state index in [1.807, 2.05) is 0 Å². The maximum Gasteiger partial charge on any atom is 0.423 e. The van der Waals surface area contributed by atoms with Gasteiger partial charge in [-0.1, -0.05) is 30.3 Å². The number of amidine groups is 2. The second kappa shape index (κ2) is 6.56. The minimum atomic E-state index is -5.98. The fraction of sp³-hybridized carbons (Fsp3) is 0.412. The number of urea groups is 1. The van der Waals surface area contributed by atoms with E-state index in [0.717, 1.165) is 14.1 Å². The number of rotatable bonds is 2. The zero-order chi connectivity index (χ0) is 21.8. The maximum absolute atomic E-state index is 13.9. The summed E-state index contributed by atoms with van der Waals surface area (Å²) in [6.07, 6.45) is -12.4. The van der Waals surface area contributed by atoms with Crippen LogP contribution in [0.3, 0.4) is 0 Å². The van der Waals surface area contributed by atoms with Crippen LogP contribution in [0.5, 0.6) is 0 Å². The van der Waals surface area contributed by atoms with Gasteiger partial charge < -0.3 is 0 Å². The number of fused-ring (bicyclic) bond motifs is 1. The van der Waals surface area contributed by atoms with Gasteiger partial charge in [0.1, 0.15) is 17.6 Å². The van der Waals surface area contributed by atoms with Crippen molar-refractivity contribution in [3.8, 4) is 0 Å². The molecule has 3 rings (SSSR count). The van der Waals surface area contributed by atoms with Gasteiger partial charge in [0.05, 0.1) is 0 Å². The first kappa shape index (κ1) is 20.8. The first-order valence-corrected chi connectivity index (χ1v) is 8.21. The molecule has 29 heavy (non-hydrogen) atoms. The number of hydrogen-bond donors (Lipinski definition) is 0. The van der Waals surface area contributed by atoms with Crippen LogP contribution in [-0.2, 0) is 11.2 Å². The van der Waals surface area contributed by atoms with Crippen molar-refractivity contribution in [3.05, 3.63) is 35.9 Å². The molecular formula is C17H14F6N4O2. The second-order valence-corrected chi connectivity index (χ2v) is 6.59. The summed E-state index contributed by atoms with van der Waals surface area (Å²) < 4.78 is 83.7. The molecule has 0 saturated carbocycles. The van der Waals surface area contributed by atoms with Gasteiger partial charge in [0, 0.05) is 20.5 Å². The van der Waals surface area contributed by atoms with Crippen molar-refractivity contribution in [3.63, 3.8) is 0 Å². The Balaban J connectivity index is 2.27. The molecule has 6 nitrogen and oxygen atoms in total. The second-order valence-electron chi connectivity index (χ2n) is 6.59. The van der Waals surface area contributed by atoms with Gasteiger partial charge in [-0.25, -0.2) is 14.8 Å². The lowest BCUT2D eigenvalue weighted by atomic mass is 9.78.